The number of alkyl halides is 1. The minimum Gasteiger partial charge on any atom is -0.152 e. The van der Waals surface area contributed by atoms with Crippen molar-refractivity contribution in [2.45, 2.75) is 25.6 Å². The predicted octanol–water partition coefficient (Wildman–Crippen LogP) is 5.22. The van der Waals surface area contributed by atoms with Gasteiger partial charge < -0.3 is 0 Å². The zero-order valence-electron chi connectivity index (χ0n) is 9.00. The van der Waals surface area contributed by atoms with Crippen molar-refractivity contribution < 1.29 is 0 Å². The Morgan fingerprint density at radius 1 is 1.13 bits per heavy atom. The minimum atomic E-state index is 0.355. The molecule has 0 nitrogen and oxygen atoms in total. The first-order valence-electron chi connectivity index (χ1n) is 4.83. The first-order valence-corrected chi connectivity index (χ1v) is 7.50. The van der Waals surface area contributed by atoms with Crippen molar-refractivity contribution >= 4 is 38.6 Å². The molecule has 2 aromatic rings. The Bertz CT molecular complexity index is 468. The van der Waals surface area contributed by atoms with Crippen LogP contribution in [0.3, 0.4) is 0 Å². The van der Waals surface area contributed by atoms with Crippen LogP contribution in [0.2, 0.25) is 0 Å². The summed E-state index contributed by atoms with van der Waals surface area (Å²) in [5.74, 6) is 0. The van der Waals surface area contributed by atoms with E-state index in [0.717, 1.165) is 0 Å². The van der Waals surface area contributed by atoms with Crippen molar-refractivity contribution in [2.75, 3.05) is 0 Å². The van der Waals surface area contributed by atoms with E-state index >= 15 is 0 Å². The average molecular weight is 301 g/mol. The van der Waals surface area contributed by atoms with Crippen LogP contribution in [0.4, 0.5) is 0 Å². The first-order chi connectivity index (χ1) is 7.09. The summed E-state index contributed by atoms with van der Waals surface area (Å²) >= 11 is 7.45. The molecule has 15 heavy (non-hydrogen) atoms. The van der Waals surface area contributed by atoms with E-state index in [1.807, 2.05) is 11.3 Å². The van der Waals surface area contributed by atoms with Gasteiger partial charge in [-0.3, -0.25) is 0 Å². The highest BCUT2D eigenvalue weighted by molar-refractivity contribution is 9.09. The van der Waals surface area contributed by atoms with Crippen LogP contribution in [0, 0.1) is 20.8 Å². The molecule has 2 aromatic heterocycles. The Balaban J connectivity index is 2.40. The molecular formula is C12H13BrS2. The quantitative estimate of drug-likeness (QED) is 0.667. The zero-order chi connectivity index (χ0) is 11.0. The Morgan fingerprint density at radius 2 is 1.87 bits per heavy atom. The number of thiophene rings is 2. The summed E-state index contributed by atoms with van der Waals surface area (Å²) < 4.78 is 0. The van der Waals surface area contributed by atoms with Gasteiger partial charge in [0.05, 0.1) is 4.83 Å². The van der Waals surface area contributed by atoms with Gasteiger partial charge in [0.25, 0.3) is 0 Å². The largest absolute Gasteiger partial charge is 0.152 e. The normalized spacial score (nSPS) is 13.1. The number of aryl methyl sites for hydroxylation is 3. The van der Waals surface area contributed by atoms with Gasteiger partial charge in [-0.15, -0.1) is 11.3 Å². The lowest BCUT2D eigenvalue weighted by Crippen LogP contribution is -1.92. The summed E-state index contributed by atoms with van der Waals surface area (Å²) in [6.07, 6.45) is 0. The van der Waals surface area contributed by atoms with E-state index in [-0.39, 0.29) is 0 Å². The van der Waals surface area contributed by atoms with Crippen LogP contribution >= 0.6 is 38.6 Å². The highest BCUT2D eigenvalue weighted by Crippen LogP contribution is 2.38. The van der Waals surface area contributed by atoms with Crippen molar-refractivity contribution in [3.8, 4) is 0 Å². The molecule has 0 radical (unpaired) electrons. The van der Waals surface area contributed by atoms with E-state index in [4.69, 9.17) is 0 Å². The third kappa shape index (κ3) is 2.19. The molecule has 0 fully saturated rings. The Labute approximate surface area is 107 Å². The second-order valence-corrected chi connectivity index (χ2v) is 6.86. The molecular weight excluding hydrogens is 288 g/mol. The van der Waals surface area contributed by atoms with Gasteiger partial charge in [-0.25, -0.2) is 0 Å². The van der Waals surface area contributed by atoms with Crippen LogP contribution < -0.4 is 0 Å². The maximum absolute atomic E-state index is 3.80. The molecule has 0 saturated heterocycles. The first kappa shape index (κ1) is 11.4. The van der Waals surface area contributed by atoms with Crippen LogP contribution in [0.25, 0.3) is 0 Å². The summed E-state index contributed by atoms with van der Waals surface area (Å²) in [6.45, 7) is 6.54. The highest BCUT2D eigenvalue weighted by atomic mass is 79.9. The third-order valence-corrected chi connectivity index (χ3v) is 5.37. The summed E-state index contributed by atoms with van der Waals surface area (Å²) in [5.41, 5.74) is 4.20. The van der Waals surface area contributed by atoms with Crippen LogP contribution in [0.1, 0.15) is 31.3 Å². The van der Waals surface area contributed by atoms with Crippen LogP contribution in [-0.2, 0) is 0 Å². The molecule has 0 spiro atoms. The summed E-state index contributed by atoms with van der Waals surface area (Å²) in [7, 11) is 0. The van der Waals surface area contributed by atoms with Gasteiger partial charge in [0.15, 0.2) is 0 Å². The van der Waals surface area contributed by atoms with E-state index in [0.29, 0.717) is 4.83 Å². The number of hydrogen-bond acceptors (Lipinski definition) is 2. The maximum atomic E-state index is 3.80. The van der Waals surface area contributed by atoms with Gasteiger partial charge in [-0.05, 0) is 54.3 Å². The lowest BCUT2D eigenvalue weighted by atomic mass is 10.1. The second-order valence-electron chi connectivity index (χ2n) is 3.74. The zero-order valence-corrected chi connectivity index (χ0v) is 12.2. The van der Waals surface area contributed by atoms with E-state index < -0.39 is 0 Å². The van der Waals surface area contributed by atoms with E-state index in [2.05, 4.69) is 53.5 Å². The molecule has 0 saturated carbocycles. The molecule has 0 aliphatic heterocycles. The fraction of sp³-hybridized carbons (Fsp3) is 0.333. The lowest BCUT2D eigenvalue weighted by Gasteiger charge is -2.09. The van der Waals surface area contributed by atoms with Gasteiger partial charge in [0.2, 0.25) is 0 Å². The molecule has 1 atom stereocenters. The number of halogens is 1. The number of rotatable bonds is 2. The lowest BCUT2D eigenvalue weighted by molar-refractivity contribution is 1.16. The Kier molecular flexibility index (Phi) is 3.33. The van der Waals surface area contributed by atoms with Gasteiger partial charge in [-0.1, -0.05) is 15.9 Å². The smallest absolute Gasteiger partial charge is 0.0666 e. The maximum Gasteiger partial charge on any atom is 0.0666 e. The van der Waals surface area contributed by atoms with Crippen molar-refractivity contribution in [1.82, 2.24) is 0 Å². The standard InChI is InChI=1S/C12H13BrS2/c1-7-5-14-6-11(7)12(13)10-4-8(2)15-9(10)3/h4-6,12H,1-3H3. The van der Waals surface area contributed by atoms with Crippen LogP contribution in [0.5, 0.6) is 0 Å². The molecule has 1 unspecified atom stereocenters. The Hall–Kier alpha value is -0.120. The third-order valence-electron chi connectivity index (χ3n) is 2.52. The molecule has 2 rings (SSSR count). The molecule has 0 aliphatic rings. The van der Waals surface area contributed by atoms with Crippen molar-refractivity contribution in [3.05, 3.63) is 43.3 Å². The molecule has 0 bridgehead atoms. The summed E-state index contributed by atoms with van der Waals surface area (Å²) in [5, 5.41) is 4.44. The van der Waals surface area contributed by atoms with Gasteiger partial charge in [0.1, 0.15) is 0 Å². The fourth-order valence-electron chi connectivity index (χ4n) is 1.70. The minimum absolute atomic E-state index is 0.355. The predicted molar refractivity (Wildman–Crippen MR) is 73.6 cm³/mol. The van der Waals surface area contributed by atoms with Crippen molar-refractivity contribution in [3.63, 3.8) is 0 Å². The topological polar surface area (TPSA) is 0 Å². The van der Waals surface area contributed by atoms with Crippen LogP contribution in [0.15, 0.2) is 16.8 Å². The van der Waals surface area contributed by atoms with Gasteiger partial charge in [0, 0.05) is 9.75 Å². The average Bonchev–Trinajstić information content (AvgIpc) is 2.71. The summed E-state index contributed by atoms with van der Waals surface area (Å²) in [4.78, 5) is 3.16. The van der Waals surface area contributed by atoms with E-state index in [9.17, 15) is 0 Å². The highest BCUT2D eigenvalue weighted by Gasteiger charge is 2.17. The molecule has 0 aromatic carbocycles. The van der Waals surface area contributed by atoms with Gasteiger partial charge >= 0.3 is 0 Å². The Morgan fingerprint density at radius 3 is 2.33 bits per heavy atom. The molecule has 3 heteroatoms. The summed E-state index contributed by atoms with van der Waals surface area (Å²) in [6, 6.07) is 2.29. The molecule has 0 N–H and O–H groups in total. The number of hydrogen-bond donors (Lipinski definition) is 0. The second kappa shape index (κ2) is 4.40. The monoisotopic (exact) mass is 300 g/mol. The molecule has 0 aliphatic carbocycles. The van der Waals surface area contributed by atoms with E-state index in [1.165, 1.54) is 26.4 Å². The fourth-order valence-corrected chi connectivity index (χ4v) is 4.84. The molecule has 0 amide bonds. The van der Waals surface area contributed by atoms with E-state index in [1.54, 1.807) is 11.3 Å². The van der Waals surface area contributed by atoms with Crippen molar-refractivity contribution in [1.29, 1.82) is 0 Å². The SMILES string of the molecule is Cc1cc(C(Br)c2cscc2C)c(C)s1. The molecule has 80 valence electrons. The molecule has 2 heterocycles. The van der Waals surface area contributed by atoms with Crippen molar-refractivity contribution in [2.24, 2.45) is 0 Å². The van der Waals surface area contributed by atoms with Gasteiger partial charge in [-0.2, -0.15) is 11.3 Å². The van der Waals surface area contributed by atoms with Crippen LogP contribution in [-0.4, -0.2) is 0 Å².